The number of amides is 2. The fourth-order valence-corrected chi connectivity index (χ4v) is 1.55. The molecule has 0 unspecified atom stereocenters. The normalized spacial score (nSPS) is 8.04. The molecule has 0 heterocycles. The van der Waals surface area contributed by atoms with Crippen LogP contribution in [0.2, 0.25) is 10.0 Å². The average molecular weight is 385 g/mol. The van der Waals surface area contributed by atoms with Crippen molar-refractivity contribution in [2.24, 2.45) is 10.7 Å². The fourth-order valence-electron chi connectivity index (χ4n) is 1.30. The van der Waals surface area contributed by atoms with E-state index in [2.05, 4.69) is 21.4 Å². The Morgan fingerprint density at radius 2 is 1.44 bits per heavy atom. The van der Waals surface area contributed by atoms with Crippen molar-refractivity contribution in [3.63, 3.8) is 0 Å². The van der Waals surface area contributed by atoms with Crippen molar-refractivity contribution in [1.82, 2.24) is 5.32 Å². The number of aliphatic imine (C=N–C) groups is 1. The first-order chi connectivity index (χ1) is 11.5. The van der Waals surface area contributed by atoms with Crippen LogP contribution in [0.15, 0.2) is 53.5 Å². The number of halogens is 2. The summed E-state index contributed by atoms with van der Waals surface area (Å²) in [5, 5.41) is 6.34. The van der Waals surface area contributed by atoms with Crippen LogP contribution in [0.4, 0.5) is 16.2 Å². The van der Waals surface area contributed by atoms with Gasteiger partial charge in [0.15, 0.2) is 0 Å². The Hall–Kier alpha value is -2.37. The van der Waals surface area contributed by atoms with E-state index in [1.54, 1.807) is 55.6 Å². The summed E-state index contributed by atoms with van der Waals surface area (Å²) in [6, 6.07) is 13.3. The van der Waals surface area contributed by atoms with Gasteiger partial charge in [-0.25, -0.2) is 9.59 Å². The second-order valence-electron chi connectivity index (χ2n) is 3.89. The highest BCUT2D eigenvalue weighted by Gasteiger charge is 1.96. The van der Waals surface area contributed by atoms with Crippen LogP contribution in [0.1, 0.15) is 7.43 Å². The number of carbonyl (C=O) groups is 1. The summed E-state index contributed by atoms with van der Waals surface area (Å²) >= 11 is 11.2. The van der Waals surface area contributed by atoms with Crippen LogP contribution in [0.25, 0.3) is 0 Å². The van der Waals surface area contributed by atoms with Crippen LogP contribution >= 0.6 is 23.2 Å². The molecule has 0 fully saturated rings. The third-order valence-electron chi connectivity index (χ3n) is 2.33. The molecule has 0 saturated heterocycles. The number of nitrogens with one attached hydrogen (secondary N) is 2. The molecule has 0 radical (unpaired) electrons. The minimum atomic E-state index is -0.239. The second kappa shape index (κ2) is 15.2. The Morgan fingerprint density at radius 3 is 1.84 bits per heavy atom. The van der Waals surface area contributed by atoms with Crippen LogP contribution in [0.5, 0.6) is 0 Å². The van der Waals surface area contributed by atoms with Crippen LogP contribution in [-0.4, -0.2) is 26.2 Å². The van der Waals surface area contributed by atoms with Gasteiger partial charge in [-0.1, -0.05) is 30.6 Å². The minimum absolute atomic E-state index is 0. The number of hydrogen-bond acceptors (Lipinski definition) is 4. The van der Waals surface area contributed by atoms with Gasteiger partial charge < -0.3 is 16.4 Å². The van der Waals surface area contributed by atoms with Crippen molar-refractivity contribution in [2.75, 3.05) is 19.4 Å². The lowest BCUT2D eigenvalue weighted by molar-refractivity contribution is 0.254. The topological polar surface area (TPSA) is 96.6 Å². The number of rotatable bonds is 2. The van der Waals surface area contributed by atoms with E-state index in [9.17, 15) is 9.59 Å². The molecule has 0 spiro atoms. The SMILES string of the molecule is C.CN.CNC(=O)Nc1ccc(Cl)cc1.O=C=Nc1ccc(Cl)cc1. The molecule has 0 atom stereocenters. The zero-order valence-electron chi connectivity index (χ0n) is 13.2. The third kappa shape index (κ3) is 11.8. The predicted molar refractivity (Wildman–Crippen MR) is 106 cm³/mol. The lowest BCUT2D eigenvalue weighted by Crippen LogP contribution is -2.24. The van der Waals surface area contributed by atoms with Crippen molar-refractivity contribution < 1.29 is 9.59 Å². The first-order valence-corrected chi connectivity index (χ1v) is 7.46. The van der Waals surface area contributed by atoms with Crippen molar-refractivity contribution in [2.45, 2.75) is 7.43 Å². The number of nitrogens with zero attached hydrogens (tertiary/aromatic N) is 1. The Kier molecular flexibility index (Phi) is 15.1. The fraction of sp³-hybridized carbons (Fsp3) is 0.176. The molecule has 8 heteroatoms. The van der Waals surface area contributed by atoms with Gasteiger partial charge in [-0.3, -0.25) is 0 Å². The smallest absolute Gasteiger partial charge is 0.318 e. The molecule has 0 saturated carbocycles. The molecule has 0 bridgehead atoms. The maximum absolute atomic E-state index is 10.8. The van der Waals surface area contributed by atoms with Crippen LogP contribution in [0.3, 0.4) is 0 Å². The maximum Gasteiger partial charge on any atom is 0.318 e. The van der Waals surface area contributed by atoms with Gasteiger partial charge in [0.1, 0.15) is 0 Å². The Labute approximate surface area is 158 Å². The van der Waals surface area contributed by atoms with Gasteiger partial charge in [-0.15, -0.1) is 0 Å². The van der Waals surface area contributed by atoms with Crippen molar-refractivity contribution in [3.8, 4) is 0 Å². The molecule has 25 heavy (non-hydrogen) atoms. The highest BCUT2D eigenvalue weighted by Crippen LogP contribution is 2.15. The van der Waals surface area contributed by atoms with E-state index >= 15 is 0 Å². The minimum Gasteiger partial charge on any atom is -0.341 e. The molecule has 0 aliphatic carbocycles. The summed E-state index contributed by atoms with van der Waals surface area (Å²) in [7, 11) is 3.06. The number of benzene rings is 2. The molecule has 2 rings (SSSR count). The number of hydrogen-bond donors (Lipinski definition) is 3. The summed E-state index contributed by atoms with van der Waals surface area (Å²) in [5.74, 6) is 0. The zero-order valence-corrected chi connectivity index (χ0v) is 14.7. The van der Waals surface area contributed by atoms with E-state index in [0.29, 0.717) is 15.7 Å². The van der Waals surface area contributed by atoms with Gasteiger partial charge in [-0.05, 0) is 55.6 Å². The van der Waals surface area contributed by atoms with Crippen molar-refractivity contribution >= 4 is 46.7 Å². The lowest BCUT2D eigenvalue weighted by Gasteiger charge is -2.02. The van der Waals surface area contributed by atoms with E-state index in [0.717, 1.165) is 5.69 Å². The summed E-state index contributed by atoms with van der Waals surface area (Å²) in [4.78, 5) is 23.9. The zero-order chi connectivity index (χ0) is 18.4. The van der Waals surface area contributed by atoms with Crippen molar-refractivity contribution in [1.29, 1.82) is 0 Å². The first kappa shape index (κ1) is 24.9. The van der Waals surface area contributed by atoms with Gasteiger partial charge in [0.2, 0.25) is 6.08 Å². The van der Waals surface area contributed by atoms with Crippen LogP contribution in [-0.2, 0) is 4.79 Å². The van der Waals surface area contributed by atoms with Crippen molar-refractivity contribution in [3.05, 3.63) is 58.6 Å². The molecule has 4 N–H and O–H groups in total. The molecule has 6 nitrogen and oxygen atoms in total. The van der Waals surface area contributed by atoms with Crippen LogP contribution in [0, 0.1) is 0 Å². The number of carbonyl (C=O) groups excluding carboxylic acids is 2. The van der Waals surface area contributed by atoms with E-state index in [1.807, 2.05) is 0 Å². The van der Waals surface area contributed by atoms with Gasteiger partial charge >= 0.3 is 6.03 Å². The average Bonchev–Trinajstić information content (AvgIpc) is 2.61. The maximum atomic E-state index is 10.8. The van der Waals surface area contributed by atoms with Gasteiger partial charge in [-0.2, -0.15) is 4.99 Å². The van der Waals surface area contributed by atoms with Crippen LogP contribution < -0.4 is 16.4 Å². The van der Waals surface area contributed by atoms with E-state index in [1.165, 1.54) is 13.1 Å². The molecular formula is C17H22Cl2N4O2. The van der Waals surface area contributed by atoms with E-state index in [4.69, 9.17) is 23.2 Å². The standard InChI is InChI=1S/C8H9ClN2O.C7H4ClNO.CH5N.CH4/c1-10-8(12)11-7-4-2-6(9)3-5-7;8-6-1-3-7(4-2-6)9-5-10;1-2;/h2-5H,1H3,(H2,10,11,12);1-4H;2H2,1H3;1H4. The molecule has 2 aromatic rings. The quantitative estimate of drug-likeness (QED) is 0.520. The highest BCUT2D eigenvalue weighted by molar-refractivity contribution is 6.30. The monoisotopic (exact) mass is 384 g/mol. The number of isocyanates is 1. The Morgan fingerprint density at radius 1 is 1.00 bits per heavy atom. The summed E-state index contributed by atoms with van der Waals surface area (Å²) in [6.45, 7) is 0. The lowest BCUT2D eigenvalue weighted by atomic mass is 10.3. The summed E-state index contributed by atoms with van der Waals surface area (Å²) in [6.07, 6.45) is 1.44. The second-order valence-corrected chi connectivity index (χ2v) is 4.76. The molecule has 136 valence electrons. The molecule has 2 amide bonds. The molecular weight excluding hydrogens is 363 g/mol. The number of anilines is 1. The highest BCUT2D eigenvalue weighted by atomic mass is 35.5. The first-order valence-electron chi connectivity index (χ1n) is 6.70. The third-order valence-corrected chi connectivity index (χ3v) is 2.83. The van der Waals surface area contributed by atoms with Gasteiger partial charge in [0, 0.05) is 22.8 Å². The molecule has 0 aromatic heterocycles. The Bertz CT molecular complexity index is 655. The van der Waals surface area contributed by atoms with E-state index < -0.39 is 0 Å². The molecule has 0 aliphatic heterocycles. The summed E-state index contributed by atoms with van der Waals surface area (Å²) < 4.78 is 0. The largest absolute Gasteiger partial charge is 0.341 e. The summed E-state index contributed by atoms with van der Waals surface area (Å²) in [5.41, 5.74) is 5.79. The Balaban J connectivity index is 0. The number of urea groups is 1. The molecule has 2 aromatic carbocycles. The molecule has 0 aliphatic rings. The predicted octanol–water partition coefficient (Wildman–Crippen LogP) is 4.61. The number of nitrogens with two attached hydrogens (primary N) is 1. The van der Waals surface area contributed by atoms with E-state index in [-0.39, 0.29) is 13.5 Å². The van der Waals surface area contributed by atoms with Gasteiger partial charge in [0.25, 0.3) is 0 Å². The van der Waals surface area contributed by atoms with Gasteiger partial charge in [0.05, 0.1) is 5.69 Å².